The SMILES string of the molecule is CS(=O)(=O)NC1CCN(C(=O)c2cn3c(NC(=O)CC45CC=CC(CCC4)C5)cccc3n2)CC1. The van der Waals surface area contributed by atoms with Gasteiger partial charge in [0.1, 0.15) is 17.2 Å². The van der Waals surface area contributed by atoms with Crippen LogP contribution in [-0.2, 0) is 14.8 Å². The first-order chi connectivity index (χ1) is 16.7. The average molecular weight is 500 g/mol. The fraction of sp³-hybridized carbons (Fsp3) is 0.560. The number of carbonyl (C=O) groups is 2. The molecule has 0 aromatic carbocycles. The molecule has 9 nitrogen and oxygen atoms in total. The van der Waals surface area contributed by atoms with Gasteiger partial charge in [0.2, 0.25) is 15.9 Å². The van der Waals surface area contributed by atoms with Crippen molar-refractivity contribution in [3.8, 4) is 0 Å². The molecule has 2 atom stereocenters. The largest absolute Gasteiger partial charge is 0.337 e. The Morgan fingerprint density at radius 2 is 2.00 bits per heavy atom. The number of nitrogens with zero attached hydrogens (tertiary/aromatic N) is 3. The number of likely N-dealkylation sites (tertiary alicyclic amines) is 1. The number of sulfonamides is 1. The van der Waals surface area contributed by atoms with E-state index in [9.17, 15) is 18.0 Å². The minimum absolute atomic E-state index is 0.00419. The topological polar surface area (TPSA) is 113 Å². The Kier molecular flexibility index (Phi) is 6.43. The molecule has 5 rings (SSSR count). The van der Waals surface area contributed by atoms with Crippen LogP contribution in [0.15, 0.2) is 36.5 Å². The van der Waals surface area contributed by atoms with Crippen molar-refractivity contribution in [2.75, 3.05) is 24.7 Å². The number of anilines is 1. The van der Waals surface area contributed by atoms with E-state index in [2.05, 4.69) is 27.2 Å². The van der Waals surface area contributed by atoms with Gasteiger partial charge in [-0.3, -0.25) is 14.0 Å². The highest BCUT2D eigenvalue weighted by molar-refractivity contribution is 7.88. The number of pyridine rings is 1. The quantitative estimate of drug-likeness (QED) is 0.594. The van der Waals surface area contributed by atoms with Crippen molar-refractivity contribution < 1.29 is 18.0 Å². The monoisotopic (exact) mass is 499 g/mol. The van der Waals surface area contributed by atoms with E-state index >= 15 is 0 Å². The lowest BCUT2D eigenvalue weighted by atomic mass is 9.63. The summed E-state index contributed by atoms with van der Waals surface area (Å²) in [5.41, 5.74) is 0.965. The third-order valence-corrected chi connectivity index (χ3v) is 8.38. The Balaban J connectivity index is 1.26. The van der Waals surface area contributed by atoms with Gasteiger partial charge in [0.25, 0.3) is 5.91 Å². The molecule has 2 unspecified atom stereocenters. The van der Waals surface area contributed by atoms with Crippen LogP contribution in [0.25, 0.3) is 5.65 Å². The molecule has 1 aliphatic heterocycles. The Morgan fingerprint density at radius 3 is 2.77 bits per heavy atom. The highest BCUT2D eigenvalue weighted by atomic mass is 32.2. The van der Waals surface area contributed by atoms with Gasteiger partial charge in [0, 0.05) is 31.7 Å². The van der Waals surface area contributed by atoms with Crippen LogP contribution < -0.4 is 10.0 Å². The highest BCUT2D eigenvalue weighted by Crippen LogP contribution is 2.48. The summed E-state index contributed by atoms with van der Waals surface area (Å²) in [7, 11) is -3.27. The van der Waals surface area contributed by atoms with Gasteiger partial charge in [0.15, 0.2) is 0 Å². The van der Waals surface area contributed by atoms with Crippen LogP contribution in [0.5, 0.6) is 0 Å². The average Bonchev–Trinajstić information content (AvgIpc) is 3.23. The lowest BCUT2D eigenvalue weighted by molar-refractivity contribution is -0.119. The van der Waals surface area contributed by atoms with E-state index in [1.807, 2.05) is 18.2 Å². The molecule has 0 spiro atoms. The van der Waals surface area contributed by atoms with Crippen LogP contribution in [0.3, 0.4) is 0 Å². The van der Waals surface area contributed by atoms with Gasteiger partial charge in [-0.1, -0.05) is 24.6 Å². The van der Waals surface area contributed by atoms with Gasteiger partial charge in [-0.2, -0.15) is 0 Å². The number of carbonyl (C=O) groups excluding carboxylic acids is 2. The van der Waals surface area contributed by atoms with Crippen molar-refractivity contribution >= 4 is 33.3 Å². The van der Waals surface area contributed by atoms with E-state index in [0.717, 1.165) is 25.5 Å². The summed E-state index contributed by atoms with van der Waals surface area (Å²) in [6.45, 7) is 0.919. The molecule has 2 N–H and O–H groups in total. The lowest BCUT2D eigenvalue weighted by Gasteiger charge is -2.42. The number of fused-ring (bicyclic) bond motifs is 3. The summed E-state index contributed by atoms with van der Waals surface area (Å²) in [6, 6.07) is 5.30. The number of rotatable bonds is 6. The van der Waals surface area contributed by atoms with Crippen molar-refractivity contribution in [2.24, 2.45) is 11.3 Å². The number of allylic oxidation sites excluding steroid dienone is 2. The number of amides is 2. The Labute approximate surface area is 206 Å². The Bertz CT molecular complexity index is 1260. The zero-order valence-electron chi connectivity index (χ0n) is 20.1. The van der Waals surface area contributed by atoms with Crippen LogP contribution >= 0.6 is 0 Å². The third kappa shape index (κ3) is 5.43. The van der Waals surface area contributed by atoms with E-state index in [0.29, 0.717) is 55.4 Å². The maximum atomic E-state index is 13.1. The fourth-order valence-electron chi connectivity index (χ4n) is 6.00. The smallest absolute Gasteiger partial charge is 0.274 e. The molecule has 2 amide bonds. The summed E-state index contributed by atoms with van der Waals surface area (Å²) in [5, 5.41) is 3.06. The predicted molar refractivity (Wildman–Crippen MR) is 133 cm³/mol. The summed E-state index contributed by atoms with van der Waals surface area (Å²) < 4.78 is 27.3. The van der Waals surface area contributed by atoms with Crippen LogP contribution in [0.1, 0.15) is 61.9 Å². The fourth-order valence-corrected chi connectivity index (χ4v) is 6.84. The molecule has 3 heterocycles. The van der Waals surface area contributed by atoms with E-state index in [1.54, 1.807) is 15.5 Å². The summed E-state index contributed by atoms with van der Waals surface area (Å²) in [4.78, 5) is 32.3. The van der Waals surface area contributed by atoms with Crippen molar-refractivity contribution in [1.82, 2.24) is 19.0 Å². The van der Waals surface area contributed by atoms with E-state index in [-0.39, 0.29) is 23.3 Å². The van der Waals surface area contributed by atoms with E-state index in [4.69, 9.17) is 0 Å². The molecule has 1 saturated heterocycles. The van der Waals surface area contributed by atoms with Gasteiger partial charge in [-0.15, -0.1) is 0 Å². The van der Waals surface area contributed by atoms with Gasteiger partial charge in [0.05, 0.1) is 6.26 Å². The molecule has 2 aromatic heterocycles. The maximum absolute atomic E-state index is 13.1. The van der Waals surface area contributed by atoms with E-state index in [1.165, 1.54) is 12.8 Å². The first-order valence-electron chi connectivity index (χ1n) is 12.4. The normalized spacial score (nSPS) is 25.1. The van der Waals surface area contributed by atoms with Gasteiger partial charge >= 0.3 is 0 Å². The number of piperidine rings is 1. The van der Waals surface area contributed by atoms with Crippen LogP contribution in [-0.4, -0.2) is 59.9 Å². The molecule has 35 heavy (non-hydrogen) atoms. The Hall–Kier alpha value is -2.72. The molecule has 0 radical (unpaired) electrons. The van der Waals surface area contributed by atoms with Gasteiger partial charge < -0.3 is 10.2 Å². The summed E-state index contributed by atoms with van der Waals surface area (Å²) >= 11 is 0. The molecular formula is C25H33N5O4S. The summed E-state index contributed by atoms with van der Waals surface area (Å²) in [6.07, 6.45) is 14.5. The number of hydrogen-bond donors (Lipinski definition) is 2. The van der Waals surface area contributed by atoms with Crippen molar-refractivity contribution in [2.45, 2.75) is 57.4 Å². The van der Waals surface area contributed by atoms with Crippen molar-refractivity contribution in [3.63, 3.8) is 0 Å². The molecule has 188 valence electrons. The molecule has 2 fully saturated rings. The van der Waals surface area contributed by atoms with Crippen molar-refractivity contribution in [3.05, 3.63) is 42.2 Å². The number of hydrogen-bond acceptors (Lipinski definition) is 5. The number of nitrogens with one attached hydrogen (secondary N) is 2. The second-order valence-electron chi connectivity index (χ2n) is 10.4. The molecular weight excluding hydrogens is 466 g/mol. The highest BCUT2D eigenvalue weighted by Gasteiger charge is 2.38. The second kappa shape index (κ2) is 9.39. The molecule has 2 aromatic rings. The van der Waals surface area contributed by atoms with Crippen LogP contribution in [0, 0.1) is 11.3 Å². The summed E-state index contributed by atoms with van der Waals surface area (Å²) in [5.74, 6) is 1.01. The predicted octanol–water partition coefficient (Wildman–Crippen LogP) is 2.95. The third-order valence-electron chi connectivity index (χ3n) is 7.61. The number of imidazole rings is 1. The molecule has 3 aliphatic rings. The minimum Gasteiger partial charge on any atom is -0.337 e. The lowest BCUT2D eigenvalue weighted by Crippen LogP contribution is -2.46. The molecule has 1 saturated carbocycles. The number of aromatic nitrogens is 2. The van der Waals surface area contributed by atoms with Gasteiger partial charge in [-0.25, -0.2) is 18.1 Å². The van der Waals surface area contributed by atoms with E-state index < -0.39 is 10.0 Å². The molecule has 2 aliphatic carbocycles. The zero-order valence-corrected chi connectivity index (χ0v) is 20.9. The standard InChI is InChI=1S/C25H33N5O4S/c1-35(33,34)28-19-9-13-29(14-10-19)24(32)20-17-30-21(26-20)7-2-8-22(30)27-23(31)16-25-11-3-5-18(15-25)6-4-12-25/h2-3,5,7-8,17-19,28H,4,6,9-16H2,1H3,(H,27,31). The maximum Gasteiger partial charge on any atom is 0.274 e. The van der Waals surface area contributed by atoms with Crippen molar-refractivity contribution in [1.29, 1.82) is 0 Å². The minimum atomic E-state index is -3.27. The van der Waals surface area contributed by atoms with Crippen LogP contribution in [0.2, 0.25) is 0 Å². The first kappa shape index (κ1) is 24.0. The second-order valence-corrected chi connectivity index (χ2v) is 12.2. The Morgan fingerprint density at radius 1 is 1.20 bits per heavy atom. The van der Waals surface area contributed by atoms with Gasteiger partial charge in [-0.05, 0) is 62.0 Å². The van der Waals surface area contributed by atoms with Crippen LogP contribution in [0.4, 0.5) is 5.82 Å². The molecule has 10 heteroatoms. The zero-order chi connectivity index (χ0) is 24.6. The first-order valence-corrected chi connectivity index (χ1v) is 14.3. The molecule has 2 bridgehead atoms.